The van der Waals surface area contributed by atoms with Gasteiger partial charge in [0.05, 0.1) is 17.1 Å². The van der Waals surface area contributed by atoms with Crippen LogP contribution >= 0.6 is 27.3 Å². The molecule has 0 spiro atoms. The summed E-state index contributed by atoms with van der Waals surface area (Å²) in [5.41, 5.74) is -0.112. The number of methoxy groups -OCH3 is 1. The zero-order valence-electron chi connectivity index (χ0n) is 8.88. The maximum Gasteiger partial charge on any atom is 0.355 e. The van der Waals surface area contributed by atoms with E-state index in [0.29, 0.717) is 5.01 Å². The van der Waals surface area contributed by atoms with Gasteiger partial charge in [-0.25, -0.2) is 9.78 Å². The van der Waals surface area contributed by atoms with Gasteiger partial charge in [-0.2, -0.15) is 8.42 Å². The molecule has 0 aromatic carbocycles. The summed E-state index contributed by atoms with van der Waals surface area (Å²) in [6, 6.07) is 0. The molecule has 1 aromatic rings. The van der Waals surface area contributed by atoms with E-state index in [1.165, 1.54) is 23.6 Å². The Morgan fingerprint density at radius 3 is 2.83 bits per heavy atom. The van der Waals surface area contributed by atoms with Crippen molar-refractivity contribution < 1.29 is 17.9 Å². The summed E-state index contributed by atoms with van der Waals surface area (Å²) in [7, 11) is -2.80. The van der Waals surface area contributed by atoms with E-state index >= 15 is 0 Å². The molecule has 0 amide bonds. The van der Waals surface area contributed by atoms with Crippen LogP contribution in [0.2, 0.25) is 0 Å². The number of esters is 1. The first kappa shape index (κ1) is 13.2. The van der Waals surface area contributed by atoms with E-state index in [9.17, 15) is 13.2 Å². The SMILES string of the molecule is COC(=O)C1=CC(c2ncc(Br)s2)=NS(=O)(=O)N1. The molecule has 1 aliphatic heterocycles. The lowest BCUT2D eigenvalue weighted by atomic mass is 10.3. The molecule has 18 heavy (non-hydrogen) atoms. The van der Waals surface area contributed by atoms with Crippen LogP contribution < -0.4 is 4.72 Å². The average Bonchev–Trinajstić information content (AvgIpc) is 2.72. The maximum absolute atomic E-state index is 11.5. The predicted molar refractivity (Wildman–Crippen MR) is 68.5 cm³/mol. The van der Waals surface area contributed by atoms with Gasteiger partial charge in [0.15, 0.2) is 0 Å². The fourth-order valence-corrected chi connectivity index (χ4v) is 3.26. The zero-order valence-corrected chi connectivity index (χ0v) is 12.1. The van der Waals surface area contributed by atoms with E-state index in [-0.39, 0.29) is 11.4 Å². The molecular weight excluding hydrogens is 346 g/mol. The van der Waals surface area contributed by atoms with E-state index in [0.717, 1.165) is 10.9 Å². The van der Waals surface area contributed by atoms with Crippen molar-refractivity contribution in [3.63, 3.8) is 0 Å². The van der Waals surface area contributed by atoms with E-state index < -0.39 is 16.2 Å². The summed E-state index contributed by atoms with van der Waals surface area (Å²) in [5.74, 6) is -0.790. The highest BCUT2D eigenvalue weighted by atomic mass is 79.9. The molecule has 1 aliphatic rings. The molecule has 96 valence electrons. The van der Waals surface area contributed by atoms with Crippen LogP contribution in [0.5, 0.6) is 0 Å². The second-order valence-corrected chi connectivity index (χ2v) is 6.82. The minimum Gasteiger partial charge on any atom is -0.464 e. The Labute approximate surface area is 115 Å². The Morgan fingerprint density at radius 1 is 1.56 bits per heavy atom. The van der Waals surface area contributed by atoms with Gasteiger partial charge in [-0.1, -0.05) is 0 Å². The van der Waals surface area contributed by atoms with Crippen LogP contribution in [0.1, 0.15) is 5.01 Å². The fraction of sp³-hybridized carbons (Fsp3) is 0.125. The van der Waals surface area contributed by atoms with Crippen molar-refractivity contribution in [2.75, 3.05) is 7.11 Å². The van der Waals surface area contributed by atoms with Gasteiger partial charge < -0.3 is 4.74 Å². The van der Waals surface area contributed by atoms with Crippen LogP contribution in [0.25, 0.3) is 0 Å². The molecule has 0 saturated carbocycles. The Kier molecular flexibility index (Phi) is 3.50. The molecule has 0 unspecified atom stereocenters. The second kappa shape index (κ2) is 4.78. The molecule has 0 atom stereocenters. The van der Waals surface area contributed by atoms with E-state index in [2.05, 4.69) is 30.0 Å². The van der Waals surface area contributed by atoms with Crippen LogP contribution in [0, 0.1) is 0 Å². The normalized spacial score (nSPS) is 17.4. The van der Waals surface area contributed by atoms with Crippen LogP contribution in [0.4, 0.5) is 0 Å². The molecule has 0 fully saturated rings. The summed E-state index contributed by atoms with van der Waals surface area (Å²) in [4.78, 5) is 15.3. The monoisotopic (exact) mass is 351 g/mol. The van der Waals surface area contributed by atoms with Crippen LogP contribution in [0.3, 0.4) is 0 Å². The van der Waals surface area contributed by atoms with E-state index in [1.807, 2.05) is 4.72 Å². The molecule has 1 aromatic heterocycles. The number of thiazole rings is 1. The lowest BCUT2D eigenvalue weighted by Crippen LogP contribution is -2.31. The topological polar surface area (TPSA) is 97.7 Å². The average molecular weight is 352 g/mol. The third-order valence-corrected chi connectivity index (χ3v) is 4.25. The third-order valence-electron chi connectivity index (χ3n) is 1.84. The molecule has 10 heteroatoms. The number of halogens is 1. The molecule has 0 bridgehead atoms. The highest BCUT2D eigenvalue weighted by Gasteiger charge is 2.25. The molecular formula is C8H6BrN3O4S2. The lowest BCUT2D eigenvalue weighted by molar-refractivity contribution is -0.136. The maximum atomic E-state index is 11.5. The minimum atomic E-state index is -3.95. The smallest absolute Gasteiger partial charge is 0.355 e. The summed E-state index contributed by atoms with van der Waals surface area (Å²) in [5, 5.41) is 0.383. The van der Waals surface area contributed by atoms with Crippen molar-refractivity contribution >= 4 is 49.2 Å². The summed E-state index contributed by atoms with van der Waals surface area (Å²) < 4.78 is 33.6. The van der Waals surface area contributed by atoms with Gasteiger partial charge in [0.25, 0.3) is 0 Å². The first-order valence-corrected chi connectivity index (χ1v) is 7.50. The van der Waals surface area contributed by atoms with Gasteiger partial charge >= 0.3 is 16.2 Å². The van der Waals surface area contributed by atoms with Gasteiger partial charge in [0.1, 0.15) is 16.4 Å². The number of carbonyl (C=O) groups is 1. The molecule has 7 nitrogen and oxygen atoms in total. The molecule has 1 N–H and O–H groups in total. The number of hydrogen-bond acceptors (Lipinski definition) is 6. The lowest BCUT2D eigenvalue weighted by Gasteiger charge is -2.12. The number of nitrogens with one attached hydrogen (secondary N) is 1. The van der Waals surface area contributed by atoms with Gasteiger partial charge in [-0.05, 0) is 22.0 Å². The van der Waals surface area contributed by atoms with Gasteiger partial charge in [0.2, 0.25) is 0 Å². The highest BCUT2D eigenvalue weighted by Crippen LogP contribution is 2.22. The van der Waals surface area contributed by atoms with E-state index in [1.54, 1.807) is 0 Å². The minimum absolute atomic E-state index is 0.0878. The molecule has 2 rings (SSSR count). The highest BCUT2D eigenvalue weighted by molar-refractivity contribution is 9.11. The van der Waals surface area contributed by atoms with Gasteiger partial charge in [0, 0.05) is 0 Å². The summed E-state index contributed by atoms with van der Waals surface area (Å²) in [6.45, 7) is 0. The van der Waals surface area contributed by atoms with Crippen molar-refractivity contribution in [3.05, 3.63) is 26.8 Å². The first-order chi connectivity index (χ1) is 8.41. The van der Waals surface area contributed by atoms with Crippen molar-refractivity contribution in [2.24, 2.45) is 4.40 Å². The number of carbonyl (C=O) groups excluding carboxylic acids is 1. The largest absolute Gasteiger partial charge is 0.464 e. The third kappa shape index (κ3) is 2.76. The Hall–Kier alpha value is -1.26. The van der Waals surface area contributed by atoms with Crippen molar-refractivity contribution in [2.45, 2.75) is 0 Å². The van der Waals surface area contributed by atoms with Gasteiger partial charge in [-0.15, -0.1) is 15.7 Å². The van der Waals surface area contributed by atoms with Crippen molar-refractivity contribution in [1.29, 1.82) is 0 Å². The zero-order chi connectivity index (χ0) is 13.3. The number of rotatable bonds is 2. The number of hydrogen-bond donors (Lipinski definition) is 1. The van der Waals surface area contributed by atoms with Crippen LogP contribution in [0.15, 0.2) is 26.2 Å². The predicted octanol–water partition coefficient (Wildman–Crippen LogP) is 0.600. The molecule has 0 aliphatic carbocycles. The molecule has 0 saturated heterocycles. The Bertz CT molecular complexity index is 662. The molecule has 0 radical (unpaired) electrons. The van der Waals surface area contributed by atoms with E-state index in [4.69, 9.17) is 0 Å². The van der Waals surface area contributed by atoms with Crippen molar-refractivity contribution in [1.82, 2.24) is 9.71 Å². The molecule has 2 heterocycles. The first-order valence-electron chi connectivity index (χ1n) is 4.46. The van der Waals surface area contributed by atoms with Crippen molar-refractivity contribution in [3.8, 4) is 0 Å². The second-order valence-electron chi connectivity index (χ2n) is 3.07. The summed E-state index contributed by atoms with van der Waals surface area (Å²) >= 11 is 4.41. The number of allylic oxidation sites excluding steroid dienone is 1. The summed E-state index contributed by atoms with van der Waals surface area (Å²) in [6.07, 6.45) is 2.79. The standard InChI is InChI=1S/C8H6BrN3O4S2/c1-16-8(13)5-2-4(11-18(14,15)12-5)7-10-3-6(9)17-7/h2-3,12H,1H3. The quantitative estimate of drug-likeness (QED) is 0.786. The fourth-order valence-electron chi connectivity index (χ4n) is 1.17. The van der Waals surface area contributed by atoms with Crippen LogP contribution in [-0.4, -0.2) is 32.2 Å². The Balaban J connectivity index is 2.48. The number of nitrogens with zero attached hydrogens (tertiary/aromatic N) is 2. The Morgan fingerprint density at radius 2 is 2.28 bits per heavy atom. The van der Waals surface area contributed by atoms with Gasteiger partial charge in [-0.3, -0.25) is 4.72 Å². The van der Waals surface area contributed by atoms with Crippen LogP contribution in [-0.2, 0) is 19.7 Å². The number of aromatic nitrogens is 1. The number of ether oxygens (including phenoxy) is 1.